The van der Waals surface area contributed by atoms with Gasteiger partial charge < -0.3 is 9.15 Å². The number of nitrogens with zero attached hydrogens (tertiary/aromatic N) is 2. The maximum atomic E-state index is 13.0. The number of hydrogen-bond donors (Lipinski definition) is 0. The van der Waals surface area contributed by atoms with E-state index in [-0.39, 0.29) is 11.6 Å². The molecule has 0 saturated carbocycles. The van der Waals surface area contributed by atoms with Crippen LogP contribution in [0.5, 0.6) is 5.75 Å². The minimum Gasteiger partial charge on any atom is -0.486 e. The summed E-state index contributed by atoms with van der Waals surface area (Å²) in [5, 5.41) is 3.32. The third kappa shape index (κ3) is 4.76. The zero-order valence-corrected chi connectivity index (χ0v) is 16.1. The molecule has 0 unspecified atom stereocenters. The molecule has 2 aromatic carbocycles. The molecule has 0 aliphatic rings. The van der Waals surface area contributed by atoms with Crippen molar-refractivity contribution < 1.29 is 17.9 Å². The summed E-state index contributed by atoms with van der Waals surface area (Å²) in [6.45, 7) is 0.328. The van der Waals surface area contributed by atoms with E-state index in [2.05, 4.69) is 9.97 Å². The van der Waals surface area contributed by atoms with Crippen molar-refractivity contribution in [3.05, 3.63) is 82.4 Å². The lowest BCUT2D eigenvalue weighted by Crippen LogP contribution is -1.95. The Hall–Kier alpha value is -2.71. The van der Waals surface area contributed by atoms with Crippen molar-refractivity contribution >= 4 is 23.1 Å². The van der Waals surface area contributed by atoms with E-state index in [9.17, 15) is 8.78 Å². The first-order chi connectivity index (χ1) is 13.7. The van der Waals surface area contributed by atoms with Crippen molar-refractivity contribution in [1.82, 2.24) is 9.97 Å². The molecule has 0 aliphatic heterocycles. The summed E-state index contributed by atoms with van der Waals surface area (Å²) in [5.41, 5.74) is 1.67. The number of rotatable bonds is 7. The number of hydrogen-bond acceptors (Lipinski definition) is 6. The van der Waals surface area contributed by atoms with Crippen molar-refractivity contribution in [3.63, 3.8) is 0 Å². The molecule has 0 N–H and O–H groups in total. The quantitative estimate of drug-likeness (QED) is 0.349. The van der Waals surface area contributed by atoms with E-state index in [1.54, 1.807) is 30.5 Å². The molecule has 0 aliphatic carbocycles. The van der Waals surface area contributed by atoms with Crippen molar-refractivity contribution in [2.24, 2.45) is 0 Å². The standard InChI is InChI=1S/C20H14F2N2O2S2/c21-14-3-1-13(2-4-14)18-9-23-20(26-18)28-12-16-11-27-19(24-16)10-25-17-7-5-15(22)6-8-17/h1-9,11H,10,12H2. The molecule has 2 heterocycles. The Morgan fingerprint density at radius 2 is 1.71 bits per heavy atom. The number of thioether (sulfide) groups is 1. The smallest absolute Gasteiger partial charge is 0.256 e. The largest absolute Gasteiger partial charge is 0.486 e. The fourth-order valence-electron chi connectivity index (χ4n) is 2.37. The maximum absolute atomic E-state index is 13.0. The van der Waals surface area contributed by atoms with Crippen LogP contribution < -0.4 is 4.74 Å². The molecule has 0 saturated heterocycles. The van der Waals surface area contributed by atoms with Gasteiger partial charge in [0.15, 0.2) is 5.76 Å². The highest BCUT2D eigenvalue weighted by molar-refractivity contribution is 7.98. The fraction of sp³-hybridized carbons (Fsp3) is 0.100. The predicted molar refractivity (Wildman–Crippen MR) is 104 cm³/mol. The van der Waals surface area contributed by atoms with Crippen molar-refractivity contribution in [3.8, 4) is 17.1 Å². The van der Waals surface area contributed by atoms with E-state index < -0.39 is 0 Å². The molecule has 4 aromatic rings. The Bertz CT molecular complexity index is 1050. The van der Waals surface area contributed by atoms with Crippen LogP contribution in [0.4, 0.5) is 8.78 Å². The van der Waals surface area contributed by atoms with E-state index >= 15 is 0 Å². The SMILES string of the molecule is Fc1ccc(OCc2nc(CSc3ncc(-c4ccc(F)cc4)o3)cs2)cc1. The van der Waals surface area contributed by atoms with Gasteiger partial charge in [0.2, 0.25) is 0 Å². The van der Waals surface area contributed by atoms with Gasteiger partial charge in [-0.1, -0.05) is 11.8 Å². The number of benzene rings is 2. The van der Waals surface area contributed by atoms with Gasteiger partial charge in [0.05, 0.1) is 11.9 Å². The molecule has 4 rings (SSSR count). The minimum atomic E-state index is -0.296. The van der Waals surface area contributed by atoms with Gasteiger partial charge in [-0.3, -0.25) is 0 Å². The Balaban J connectivity index is 1.31. The maximum Gasteiger partial charge on any atom is 0.256 e. The van der Waals surface area contributed by atoms with Gasteiger partial charge in [0.25, 0.3) is 5.22 Å². The summed E-state index contributed by atoms with van der Waals surface area (Å²) in [4.78, 5) is 8.76. The van der Waals surface area contributed by atoms with Gasteiger partial charge in [0, 0.05) is 16.7 Å². The van der Waals surface area contributed by atoms with Crippen LogP contribution in [0, 0.1) is 11.6 Å². The van der Waals surface area contributed by atoms with Crippen LogP contribution in [0.1, 0.15) is 10.7 Å². The Morgan fingerprint density at radius 1 is 1.00 bits per heavy atom. The van der Waals surface area contributed by atoms with E-state index in [0.717, 1.165) is 16.3 Å². The van der Waals surface area contributed by atoms with Crippen LogP contribution in [0.15, 0.2) is 69.7 Å². The summed E-state index contributed by atoms with van der Waals surface area (Å²) in [6, 6.07) is 12.0. The molecule has 0 spiro atoms. The summed E-state index contributed by atoms with van der Waals surface area (Å²) in [6.07, 6.45) is 1.62. The number of aromatic nitrogens is 2. The Labute approximate surface area is 168 Å². The van der Waals surface area contributed by atoms with Crippen molar-refractivity contribution in [2.45, 2.75) is 17.6 Å². The summed E-state index contributed by atoms with van der Waals surface area (Å²) < 4.78 is 37.2. The van der Waals surface area contributed by atoms with E-state index in [1.807, 2.05) is 5.38 Å². The highest BCUT2D eigenvalue weighted by atomic mass is 32.2. The summed E-state index contributed by atoms with van der Waals surface area (Å²) >= 11 is 2.93. The highest BCUT2D eigenvalue weighted by Crippen LogP contribution is 2.28. The summed E-state index contributed by atoms with van der Waals surface area (Å²) in [5.74, 6) is 1.21. The van der Waals surface area contributed by atoms with E-state index in [1.165, 1.54) is 47.4 Å². The average Bonchev–Trinajstić information content (AvgIpc) is 3.36. The third-order valence-electron chi connectivity index (χ3n) is 3.73. The molecule has 2 aromatic heterocycles. The molecule has 4 nitrogen and oxygen atoms in total. The molecule has 0 amide bonds. The normalized spacial score (nSPS) is 10.9. The second-order valence-corrected chi connectivity index (χ2v) is 7.63. The topological polar surface area (TPSA) is 48.2 Å². The predicted octanol–water partition coefficient (Wildman–Crippen LogP) is 5.95. The molecular formula is C20H14F2N2O2S2. The number of thiazole rings is 1. The van der Waals surface area contributed by atoms with E-state index in [4.69, 9.17) is 9.15 Å². The molecule has 0 atom stereocenters. The monoisotopic (exact) mass is 416 g/mol. The first-order valence-electron chi connectivity index (χ1n) is 8.32. The molecular weight excluding hydrogens is 402 g/mol. The molecule has 0 bridgehead atoms. The van der Waals surface area contributed by atoms with Crippen LogP contribution in [0.3, 0.4) is 0 Å². The number of ether oxygens (including phenoxy) is 1. The molecule has 28 heavy (non-hydrogen) atoms. The second kappa shape index (κ2) is 8.53. The lowest BCUT2D eigenvalue weighted by Gasteiger charge is -2.03. The first kappa shape index (κ1) is 18.6. The van der Waals surface area contributed by atoms with Gasteiger partial charge >= 0.3 is 0 Å². The molecule has 8 heteroatoms. The van der Waals surface area contributed by atoms with Gasteiger partial charge in [-0.2, -0.15) is 0 Å². The van der Waals surface area contributed by atoms with Gasteiger partial charge in [-0.15, -0.1) is 11.3 Å². The van der Waals surface area contributed by atoms with Crippen LogP contribution in [-0.2, 0) is 12.4 Å². The van der Waals surface area contributed by atoms with Crippen LogP contribution >= 0.6 is 23.1 Å². The zero-order chi connectivity index (χ0) is 19.3. The second-order valence-electron chi connectivity index (χ2n) is 5.76. The number of halogens is 2. The number of oxazole rings is 1. The average molecular weight is 416 g/mol. The Kier molecular flexibility index (Phi) is 5.68. The summed E-state index contributed by atoms with van der Waals surface area (Å²) in [7, 11) is 0. The first-order valence-corrected chi connectivity index (χ1v) is 10.2. The lowest BCUT2D eigenvalue weighted by molar-refractivity contribution is 0.305. The van der Waals surface area contributed by atoms with Crippen molar-refractivity contribution in [1.29, 1.82) is 0 Å². The molecule has 0 radical (unpaired) electrons. The highest BCUT2D eigenvalue weighted by Gasteiger charge is 2.09. The van der Waals surface area contributed by atoms with Gasteiger partial charge in [0.1, 0.15) is 29.0 Å². The molecule has 142 valence electrons. The van der Waals surface area contributed by atoms with Gasteiger partial charge in [-0.05, 0) is 48.5 Å². The van der Waals surface area contributed by atoms with Crippen LogP contribution in [-0.4, -0.2) is 9.97 Å². The lowest BCUT2D eigenvalue weighted by atomic mass is 10.2. The van der Waals surface area contributed by atoms with Gasteiger partial charge in [-0.25, -0.2) is 18.7 Å². The Morgan fingerprint density at radius 3 is 2.46 bits per heavy atom. The van der Waals surface area contributed by atoms with Crippen molar-refractivity contribution in [2.75, 3.05) is 0 Å². The van der Waals surface area contributed by atoms with E-state index in [0.29, 0.717) is 29.1 Å². The minimum absolute atomic E-state index is 0.291. The fourth-order valence-corrected chi connectivity index (χ4v) is 3.87. The van der Waals surface area contributed by atoms with Crippen LogP contribution in [0.2, 0.25) is 0 Å². The zero-order valence-electron chi connectivity index (χ0n) is 14.5. The third-order valence-corrected chi connectivity index (χ3v) is 5.48. The van der Waals surface area contributed by atoms with Crippen LogP contribution in [0.25, 0.3) is 11.3 Å². The molecule has 0 fully saturated rings.